The van der Waals surface area contributed by atoms with E-state index in [1.165, 1.54) is 11.3 Å². The maximum Gasteiger partial charge on any atom is 0.135 e. The quantitative estimate of drug-likeness (QED) is 0.700. The van der Waals surface area contributed by atoms with Crippen LogP contribution in [-0.2, 0) is 0 Å². The van der Waals surface area contributed by atoms with Gasteiger partial charge in [0.2, 0.25) is 0 Å². The summed E-state index contributed by atoms with van der Waals surface area (Å²) in [5.74, 6) is 0. The number of rotatable bonds is 2. The molecule has 1 N–H and O–H groups in total. The van der Waals surface area contributed by atoms with E-state index in [1.807, 2.05) is 12.3 Å². The summed E-state index contributed by atoms with van der Waals surface area (Å²) in [6.07, 6.45) is 1.65. The van der Waals surface area contributed by atoms with Crippen molar-refractivity contribution in [1.82, 2.24) is 10.3 Å². The van der Waals surface area contributed by atoms with Crippen molar-refractivity contribution in [3.05, 3.63) is 22.3 Å². The summed E-state index contributed by atoms with van der Waals surface area (Å²) in [5, 5.41) is 14.2. The van der Waals surface area contributed by atoms with Crippen molar-refractivity contribution < 1.29 is 0 Å². The lowest BCUT2D eigenvalue weighted by molar-refractivity contribution is 1.10. The van der Waals surface area contributed by atoms with E-state index in [0.29, 0.717) is 5.57 Å². The molecular weight excluding hydrogens is 170 g/mol. The fraction of sp³-hybridized carbons (Fsp3) is 0.250. The predicted octanol–water partition coefficient (Wildman–Crippen LogP) is 1.54. The number of allylic oxidation sites excluding steroid dienone is 1. The van der Waals surface area contributed by atoms with Crippen LogP contribution in [0.1, 0.15) is 10.7 Å². The molecule has 3 nitrogen and oxygen atoms in total. The molecule has 0 spiro atoms. The summed E-state index contributed by atoms with van der Waals surface area (Å²) in [7, 11) is 1.76. The zero-order valence-electron chi connectivity index (χ0n) is 6.96. The Morgan fingerprint density at radius 2 is 2.58 bits per heavy atom. The second-order valence-electron chi connectivity index (χ2n) is 2.25. The molecule has 0 fully saturated rings. The molecule has 0 atom stereocenters. The predicted molar refractivity (Wildman–Crippen MR) is 49.5 cm³/mol. The molecule has 4 heteroatoms. The first-order valence-corrected chi connectivity index (χ1v) is 4.36. The first-order valence-electron chi connectivity index (χ1n) is 3.48. The molecule has 0 bridgehead atoms. The van der Waals surface area contributed by atoms with Crippen molar-refractivity contribution in [2.45, 2.75) is 6.92 Å². The SMILES string of the molecule is CNC=C(C#N)c1nc(C)cs1. The molecule has 1 rings (SSSR count). The van der Waals surface area contributed by atoms with Crippen LogP contribution < -0.4 is 5.32 Å². The minimum Gasteiger partial charge on any atom is -0.393 e. The van der Waals surface area contributed by atoms with Crippen LogP contribution in [0.3, 0.4) is 0 Å². The number of hydrogen-bond donors (Lipinski definition) is 1. The van der Waals surface area contributed by atoms with Crippen LogP contribution in [0.15, 0.2) is 11.6 Å². The molecule has 0 aliphatic rings. The third-order valence-electron chi connectivity index (χ3n) is 1.26. The van der Waals surface area contributed by atoms with Gasteiger partial charge in [0, 0.05) is 24.3 Å². The summed E-state index contributed by atoms with van der Waals surface area (Å²) < 4.78 is 0. The summed E-state index contributed by atoms with van der Waals surface area (Å²) in [5.41, 5.74) is 1.53. The Morgan fingerprint density at radius 3 is 3.00 bits per heavy atom. The summed E-state index contributed by atoms with van der Waals surface area (Å²) >= 11 is 1.48. The van der Waals surface area contributed by atoms with Crippen molar-refractivity contribution in [1.29, 1.82) is 5.26 Å². The fourth-order valence-corrected chi connectivity index (χ4v) is 1.53. The Labute approximate surface area is 75.4 Å². The number of nitrogens with one attached hydrogen (secondary N) is 1. The van der Waals surface area contributed by atoms with Crippen LogP contribution in [0.2, 0.25) is 0 Å². The van der Waals surface area contributed by atoms with Gasteiger partial charge in [-0.15, -0.1) is 11.3 Å². The van der Waals surface area contributed by atoms with Crippen molar-refractivity contribution in [2.75, 3.05) is 7.05 Å². The van der Waals surface area contributed by atoms with Crippen LogP contribution >= 0.6 is 11.3 Å². The minimum atomic E-state index is 0.579. The number of aryl methyl sites for hydroxylation is 1. The maximum absolute atomic E-state index is 8.73. The molecule has 1 aromatic heterocycles. The monoisotopic (exact) mass is 179 g/mol. The molecule has 1 aromatic rings. The first-order chi connectivity index (χ1) is 5.77. The van der Waals surface area contributed by atoms with Gasteiger partial charge in [-0.05, 0) is 6.92 Å². The highest BCUT2D eigenvalue weighted by molar-refractivity contribution is 7.10. The molecule has 0 radical (unpaired) electrons. The van der Waals surface area contributed by atoms with Gasteiger partial charge in [-0.3, -0.25) is 0 Å². The van der Waals surface area contributed by atoms with Gasteiger partial charge in [-0.25, -0.2) is 4.98 Å². The van der Waals surface area contributed by atoms with Crippen LogP contribution in [-0.4, -0.2) is 12.0 Å². The Bertz CT molecular complexity index is 332. The largest absolute Gasteiger partial charge is 0.393 e. The standard InChI is InChI=1S/C8H9N3S/c1-6-5-12-8(11-6)7(3-9)4-10-2/h4-5,10H,1-2H3. The van der Waals surface area contributed by atoms with Gasteiger partial charge in [-0.2, -0.15) is 5.26 Å². The summed E-state index contributed by atoms with van der Waals surface area (Å²) in [6, 6.07) is 2.08. The van der Waals surface area contributed by atoms with Gasteiger partial charge < -0.3 is 5.32 Å². The smallest absolute Gasteiger partial charge is 0.135 e. The van der Waals surface area contributed by atoms with Gasteiger partial charge in [0.25, 0.3) is 0 Å². The topological polar surface area (TPSA) is 48.7 Å². The highest BCUT2D eigenvalue weighted by Crippen LogP contribution is 2.17. The van der Waals surface area contributed by atoms with E-state index in [9.17, 15) is 0 Å². The summed E-state index contributed by atoms with van der Waals surface area (Å²) in [4.78, 5) is 4.19. The number of hydrogen-bond acceptors (Lipinski definition) is 4. The average Bonchev–Trinajstić information content (AvgIpc) is 2.47. The van der Waals surface area contributed by atoms with E-state index < -0.39 is 0 Å². The van der Waals surface area contributed by atoms with Gasteiger partial charge in [0.1, 0.15) is 16.6 Å². The second kappa shape index (κ2) is 3.88. The zero-order valence-corrected chi connectivity index (χ0v) is 7.77. The Hall–Kier alpha value is -1.34. The first kappa shape index (κ1) is 8.75. The van der Waals surface area contributed by atoms with Gasteiger partial charge in [0.15, 0.2) is 0 Å². The fourth-order valence-electron chi connectivity index (χ4n) is 0.764. The van der Waals surface area contributed by atoms with Gasteiger partial charge in [-0.1, -0.05) is 0 Å². The highest BCUT2D eigenvalue weighted by atomic mass is 32.1. The van der Waals surface area contributed by atoms with E-state index in [-0.39, 0.29) is 0 Å². The lowest BCUT2D eigenvalue weighted by Gasteiger charge is -1.90. The van der Waals surface area contributed by atoms with Gasteiger partial charge in [0.05, 0.1) is 0 Å². The lowest BCUT2D eigenvalue weighted by atomic mass is 10.3. The third-order valence-corrected chi connectivity index (χ3v) is 2.25. The van der Waals surface area contributed by atoms with Crippen molar-refractivity contribution in [3.8, 4) is 6.07 Å². The minimum absolute atomic E-state index is 0.579. The van der Waals surface area contributed by atoms with E-state index in [2.05, 4.69) is 16.4 Å². The number of thiazole rings is 1. The van der Waals surface area contributed by atoms with Crippen LogP contribution in [0.5, 0.6) is 0 Å². The molecule has 0 saturated heterocycles. The van der Waals surface area contributed by atoms with Gasteiger partial charge >= 0.3 is 0 Å². The Balaban J connectivity index is 2.97. The Morgan fingerprint density at radius 1 is 1.83 bits per heavy atom. The maximum atomic E-state index is 8.73. The van der Waals surface area contributed by atoms with E-state index in [1.54, 1.807) is 13.2 Å². The van der Waals surface area contributed by atoms with E-state index in [4.69, 9.17) is 5.26 Å². The molecule has 0 amide bonds. The molecule has 0 aliphatic carbocycles. The molecule has 12 heavy (non-hydrogen) atoms. The highest BCUT2D eigenvalue weighted by Gasteiger charge is 2.03. The molecule has 0 aliphatic heterocycles. The van der Waals surface area contributed by atoms with Crippen molar-refractivity contribution >= 4 is 16.9 Å². The summed E-state index contributed by atoms with van der Waals surface area (Å²) in [6.45, 7) is 1.91. The van der Waals surface area contributed by atoms with Crippen LogP contribution in [0.25, 0.3) is 5.57 Å². The molecule has 62 valence electrons. The molecule has 1 heterocycles. The molecule has 0 aromatic carbocycles. The van der Waals surface area contributed by atoms with Crippen LogP contribution in [0.4, 0.5) is 0 Å². The molecule has 0 saturated carbocycles. The lowest BCUT2D eigenvalue weighted by Crippen LogP contribution is -1.94. The number of nitrogens with zero attached hydrogens (tertiary/aromatic N) is 2. The van der Waals surface area contributed by atoms with Crippen LogP contribution in [0, 0.1) is 18.3 Å². The second-order valence-corrected chi connectivity index (χ2v) is 3.11. The van der Waals surface area contributed by atoms with E-state index >= 15 is 0 Å². The average molecular weight is 179 g/mol. The number of aromatic nitrogens is 1. The van der Waals surface area contributed by atoms with Crippen molar-refractivity contribution in [2.24, 2.45) is 0 Å². The number of nitriles is 1. The molecular formula is C8H9N3S. The Kier molecular flexibility index (Phi) is 2.83. The zero-order chi connectivity index (χ0) is 8.97. The molecule has 0 unspecified atom stereocenters. The third kappa shape index (κ3) is 1.83. The van der Waals surface area contributed by atoms with E-state index in [0.717, 1.165) is 10.7 Å². The van der Waals surface area contributed by atoms with Crippen molar-refractivity contribution in [3.63, 3.8) is 0 Å². The normalized spacial score (nSPS) is 10.9.